The fourth-order valence-corrected chi connectivity index (χ4v) is 3.95. The normalized spacial score (nSPS) is 12.2. The van der Waals surface area contributed by atoms with Crippen LogP contribution in [0.2, 0.25) is 0 Å². The first kappa shape index (κ1) is 22.4. The molecule has 0 saturated carbocycles. The summed E-state index contributed by atoms with van der Waals surface area (Å²) in [6, 6.07) is 14.5. The number of carbonyl (C=O) groups is 1. The zero-order valence-corrected chi connectivity index (χ0v) is 19.0. The summed E-state index contributed by atoms with van der Waals surface area (Å²) in [6.07, 6.45) is 2.28. The Bertz CT molecular complexity index is 1440. The molecule has 0 bridgehead atoms. The molecule has 1 atom stereocenters. The number of nitrogens with zero attached hydrogens (tertiary/aromatic N) is 3. The van der Waals surface area contributed by atoms with Crippen LogP contribution in [0, 0.1) is 12.3 Å². The number of carbonyl (C=O) groups excluding carboxylic acids is 1. The van der Waals surface area contributed by atoms with Crippen molar-refractivity contribution in [3.63, 3.8) is 0 Å². The minimum absolute atomic E-state index is 0.0150. The lowest BCUT2D eigenvalue weighted by molar-refractivity contribution is 0.0937. The van der Waals surface area contributed by atoms with Crippen LogP contribution in [0.5, 0.6) is 0 Å². The lowest BCUT2D eigenvalue weighted by Crippen LogP contribution is -2.36. The predicted octanol–water partition coefficient (Wildman–Crippen LogP) is 2.96. The Hall–Kier alpha value is -3.78. The summed E-state index contributed by atoms with van der Waals surface area (Å²) in [5.41, 5.74) is 2.60. The highest BCUT2D eigenvalue weighted by Crippen LogP contribution is 2.15. The number of methoxy groups -OCH3 is 1. The third-order valence-corrected chi connectivity index (χ3v) is 5.76. The molecule has 0 fully saturated rings. The zero-order chi connectivity index (χ0) is 23.5. The molecule has 33 heavy (non-hydrogen) atoms. The molecular weight excluding hydrogens is 418 g/mol. The van der Waals surface area contributed by atoms with Crippen molar-refractivity contribution < 1.29 is 9.53 Å². The summed E-state index contributed by atoms with van der Waals surface area (Å²) in [7, 11) is 1.61. The van der Waals surface area contributed by atoms with Crippen LogP contribution in [0.1, 0.15) is 40.9 Å². The monoisotopic (exact) mass is 445 g/mol. The summed E-state index contributed by atoms with van der Waals surface area (Å²) >= 11 is 0. The largest absolute Gasteiger partial charge is 0.385 e. The van der Waals surface area contributed by atoms with E-state index in [0.29, 0.717) is 36.3 Å². The van der Waals surface area contributed by atoms with Gasteiger partial charge in [-0.25, -0.2) is 4.98 Å². The number of hydrogen-bond donors (Lipinski definition) is 2. The van der Waals surface area contributed by atoms with Gasteiger partial charge in [0, 0.05) is 26.5 Å². The molecular formula is C25H27N5O3. The number of pyridine rings is 2. The van der Waals surface area contributed by atoms with E-state index in [1.165, 1.54) is 10.5 Å². The summed E-state index contributed by atoms with van der Waals surface area (Å²) in [4.78, 5) is 31.3. The predicted molar refractivity (Wildman–Crippen MR) is 126 cm³/mol. The van der Waals surface area contributed by atoms with Gasteiger partial charge in [0.2, 0.25) is 0 Å². The Balaban J connectivity index is 1.88. The number of amides is 1. The maximum atomic E-state index is 13.3. The van der Waals surface area contributed by atoms with Gasteiger partial charge in [0.1, 0.15) is 16.8 Å². The van der Waals surface area contributed by atoms with E-state index >= 15 is 0 Å². The fraction of sp³-hybridized carbons (Fsp3) is 0.280. The van der Waals surface area contributed by atoms with E-state index in [-0.39, 0.29) is 22.7 Å². The molecule has 0 aliphatic heterocycles. The highest BCUT2D eigenvalue weighted by molar-refractivity contribution is 5.97. The number of nitrogens with one attached hydrogen (secondary N) is 2. The second-order valence-corrected chi connectivity index (χ2v) is 8.05. The maximum absolute atomic E-state index is 13.3. The number of aryl methyl sites for hydroxylation is 2. The molecule has 0 radical (unpaired) electrons. The first-order valence-corrected chi connectivity index (χ1v) is 10.9. The van der Waals surface area contributed by atoms with E-state index in [1.807, 2.05) is 50.2 Å². The van der Waals surface area contributed by atoms with E-state index in [2.05, 4.69) is 5.32 Å². The van der Waals surface area contributed by atoms with Gasteiger partial charge < -0.3 is 14.6 Å². The van der Waals surface area contributed by atoms with Gasteiger partial charge in [-0.1, -0.05) is 36.4 Å². The van der Waals surface area contributed by atoms with Crippen molar-refractivity contribution in [3.05, 3.63) is 87.3 Å². The topological polar surface area (TPSA) is 101 Å². The maximum Gasteiger partial charge on any atom is 0.267 e. The first-order chi connectivity index (χ1) is 15.9. The minimum atomic E-state index is -0.410. The molecule has 0 aliphatic rings. The van der Waals surface area contributed by atoms with Crippen molar-refractivity contribution in [2.24, 2.45) is 0 Å². The van der Waals surface area contributed by atoms with Gasteiger partial charge >= 0.3 is 0 Å². The van der Waals surface area contributed by atoms with Gasteiger partial charge in [0.25, 0.3) is 11.5 Å². The summed E-state index contributed by atoms with van der Waals surface area (Å²) in [6.45, 7) is 4.66. The summed E-state index contributed by atoms with van der Waals surface area (Å²) in [5.74, 6) is -0.410. The van der Waals surface area contributed by atoms with E-state index in [1.54, 1.807) is 23.9 Å². The van der Waals surface area contributed by atoms with E-state index < -0.39 is 5.91 Å². The Morgan fingerprint density at radius 2 is 1.94 bits per heavy atom. The Labute approximate surface area is 191 Å². The molecule has 8 nitrogen and oxygen atoms in total. The molecule has 0 unspecified atom stereocenters. The van der Waals surface area contributed by atoms with Gasteiger partial charge in [-0.05, 0) is 43.5 Å². The Morgan fingerprint density at radius 1 is 1.18 bits per heavy atom. The van der Waals surface area contributed by atoms with Crippen molar-refractivity contribution in [2.75, 3.05) is 13.7 Å². The smallest absolute Gasteiger partial charge is 0.267 e. The summed E-state index contributed by atoms with van der Waals surface area (Å²) in [5, 5.41) is 12.0. The van der Waals surface area contributed by atoms with Crippen LogP contribution in [-0.4, -0.2) is 33.6 Å². The fourth-order valence-electron chi connectivity index (χ4n) is 3.95. The lowest BCUT2D eigenvalue weighted by atomic mass is 10.1. The number of fused-ring (bicyclic) bond motifs is 2. The van der Waals surface area contributed by atoms with E-state index in [0.717, 1.165) is 11.1 Å². The van der Waals surface area contributed by atoms with Crippen LogP contribution in [0.25, 0.3) is 16.7 Å². The zero-order valence-electron chi connectivity index (χ0n) is 19.0. The molecule has 3 heterocycles. The molecule has 3 aromatic heterocycles. The van der Waals surface area contributed by atoms with Crippen LogP contribution >= 0.6 is 0 Å². The van der Waals surface area contributed by atoms with Crippen molar-refractivity contribution >= 4 is 22.6 Å². The van der Waals surface area contributed by atoms with Crippen molar-refractivity contribution in [1.29, 1.82) is 5.41 Å². The average molecular weight is 446 g/mol. The number of ether oxygens (including phenoxy) is 1. The van der Waals surface area contributed by atoms with E-state index in [4.69, 9.17) is 15.1 Å². The van der Waals surface area contributed by atoms with Gasteiger partial charge in [0.05, 0.1) is 17.0 Å². The van der Waals surface area contributed by atoms with Crippen LogP contribution < -0.4 is 16.4 Å². The Kier molecular flexibility index (Phi) is 6.37. The molecule has 170 valence electrons. The first-order valence-electron chi connectivity index (χ1n) is 10.9. The SMILES string of the molecule is COCCCn1c(=N)c(C(=O)N[C@@H](C)c2ccccc2)cc2c(=O)n3cccc(C)c3nc21. The van der Waals surface area contributed by atoms with Crippen LogP contribution in [0.15, 0.2) is 59.5 Å². The molecule has 1 aromatic carbocycles. The molecule has 1 amide bonds. The summed E-state index contributed by atoms with van der Waals surface area (Å²) < 4.78 is 8.28. The molecule has 0 aliphatic carbocycles. The standard InChI is InChI=1S/C25H27N5O3/c1-16-9-7-12-30-22(16)28-23-20(25(30)32)15-19(21(26)29(23)13-8-14-33-3)24(31)27-17(2)18-10-5-4-6-11-18/h4-7,9-12,15,17,26H,8,13-14H2,1-3H3,(H,27,31)/t17-/m0/s1. The molecule has 2 N–H and O–H groups in total. The second kappa shape index (κ2) is 9.38. The third kappa shape index (κ3) is 4.29. The number of hydrogen-bond acceptors (Lipinski definition) is 5. The van der Waals surface area contributed by atoms with Gasteiger partial charge in [-0.15, -0.1) is 0 Å². The number of aromatic nitrogens is 3. The van der Waals surface area contributed by atoms with E-state index in [9.17, 15) is 9.59 Å². The molecule has 0 spiro atoms. The second-order valence-electron chi connectivity index (χ2n) is 8.05. The molecule has 4 rings (SSSR count). The van der Waals surface area contributed by atoms with Crippen LogP contribution in [0.3, 0.4) is 0 Å². The quantitative estimate of drug-likeness (QED) is 0.337. The average Bonchev–Trinajstić information content (AvgIpc) is 2.82. The highest BCUT2D eigenvalue weighted by atomic mass is 16.5. The molecule has 0 saturated heterocycles. The number of rotatable bonds is 7. The van der Waals surface area contributed by atoms with Crippen LogP contribution in [0.4, 0.5) is 0 Å². The van der Waals surface area contributed by atoms with Crippen molar-refractivity contribution in [3.8, 4) is 0 Å². The minimum Gasteiger partial charge on any atom is -0.385 e. The van der Waals surface area contributed by atoms with Gasteiger partial charge in [0.15, 0.2) is 0 Å². The van der Waals surface area contributed by atoms with Gasteiger partial charge in [-0.3, -0.25) is 19.4 Å². The third-order valence-electron chi connectivity index (χ3n) is 5.76. The number of benzene rings is 1. The molecule has 8 heteroatoms. The lowest BCUT2D eigenvalue weighted by Gasteiger charge is -2.17. The van der Waals surface area contributed by atoms with Crippen LogP contribution in [-0.2, 0) is 11.3 Å². The van der Waals surface area contributed by atoms with Crippen molar-refractivity contribution in [2.45, 2.75) is 32.9 Å². The van der Waals surface area contributed by atoms with Gasteiger partial charge in [-0.2, -0.15) is 0 Å². The molecule has 4 aromatic rings. The van der Waals surface area contributed by atoms with Crippen molar-refractivity contribution in [1.82, 2.24) is 19.3 Å². The highest BCUT2D eigenvalue weighted by Gasteiger charge is 2.19. The Morgan fingerprint density at radius 3 is 2.67 bits per heavy atom.